The van der Waals surface area contributed by atoms with Crippen LogP contribution in [0.15, 0.2) is 42.7 Å². The van der Waals surface area contributed by atoms with Crippen LogP contribution in [-0.2, 0) is 17.9 Å². The number of imidazole rings is 1. The number of nitrogens with one attached hydrogen (secondary N) is 1. The molecule has 0 saturated heterocycles. The van der Waals surface area contributed by atoms with E-state index in [1.165, 1.54) is 5.56 Å². The average Bonchev–Trinajstić information content (AvgIpc) is 3.10. The monoisotopic (exact) mass is 450 g/mol. The summed E-state index contributed by atoms with van der Waals surface area (Å²) in [5, 5.41) is 3.42. The second-order valence-electron chi connectivity index (χ2n) is 7.32. The molecule has 0 unspecified atom stereocenters. The molecule has 3 aromatic rings. The molecule has 1 aliphatic rings. The van der Waals surface area contributed by atoms with Crippen molar-refractivity contribution < 1.29 is 4.74 Å². The minimum absolute atomic E-state index is 0. The summed E-state index contributed by atoms with van der Waals surface area (Å²) in [5.74, 6) is 2.92. The summed E-state index contributed by atoms with van der Waals surface area (Å²) in [4.78, 5) is 13.5. The molecule has 3 N–H and O–H groups in total. The number of anilines is 1. The first kappa shape index (κ1) is 24.1. The summed E-state index contributed by atoms with van der Waals surface area (Å²) in [5.41, 5.74) is 9.28. The van der Waals surface area contributed by atoms with E-state index in [9.17, 15) is 0 Å². The number of methoxy groups -OCH3 is 1. The maximum atomic E-state index is 5.94. The van der Waals surface area contributed by atoms with Crippen LogP contribution in [0.4, 0.5) is 5.82 Å². The van der Waals surface area contributed by atoms with Crippen molar-refractivity contribution in [1.29, 1.82) is 0 Å². The fourth-order valence-corrected chi connectivity index (χ4v) is 3.53. The minimum atomic E-state index is 0. The molecule has 0 atom stereocenters. The predicted octanol–water partition coefficient (Wildman–Crippen LogP) is 3.78. The molecule has 4 rings (SSSR count). The highest BCUT2D eigenvalue weighted by molar-refractivity contribution is 5.85. The summed E-state index contributed by atoms with van der Waals surface area (Å²) < 4.78 is 7.29. The molecule has 0 radical (unpaired) electrons. The summed E-state index contributed by atoms with van der Waals surface area (Å²) in [7, 11) is 1.66. The number of hydrogen-bond acceptors (Lipinski definition) is 6. The molecule has 0 bridgehead atoms. The molecule has 9 heteroatoms. The molecule has 162 valence electrons. The molecule has 1 saturated carbocycles. The first-order valence-corrected chi connectivity index (χ1v) is 9.58. The lowest BCUT2D eigenvalue weighted by atomic mass is 9.78. The van der Waals surface area contributed by atoms with Gasteiger partial charge in [-0.3, -0.25) is 0 Å². The Morgan fingerprint density at radius 3 is 2.50 bits per heavy atom. The second-order valence-corrected chi connectivity index (χ2v) is 7.32. The van der Waals surface area contributed by atoms with Crippen molar-refractivity contribution in [2.24, 2.45) is 5.73 Å². The van der Waals surface area contributed by atoms with Crippen LogP contribution in [0.3, 0.4) is 0 Å². The zero-order chi connectivity index (χ0) is 19.5. The number of hydrogen-bond donors (Lipinski definition) is 2. The van der Waals surface area contributed by atoms with E-state index in [0.29, 0.717) is 30.9 Å². The van der Waals surface area contributed by atoms with Crippen LogP contribution in [-0.4, -0.2) is 32.7 Å². The van der Waals surface area contributed by atoms with Gasteiger partial charge >= 0.3 is 0 Å². The molecule has 0 amide bonds. The van der Waals surface area contributed by atoms with E-state index in [0.717, 1.165) is 35.9 Å². The number of aromatic nitrogens is 4. The lowest BCUT2D eigenvalue weighted by Gasteiger charge is -2.32. The third kappa shape index (κ3) is 5.49. The van der Waals surface area contributed by atoms with E-state index in [-0.39, 0.29) is 24.8 Å². The number of aryl methyl sites for hydroxylation is 1. The molecule has 30 heavy (non-hydrogen) atoms. The Labute approximate surface area is 189 Å². The highest BCUT2D eigenvalue weighted by atomic mass is 35.5. The summed E-state index contributed by atoms with van der Waals surface area (Å²) in [6, 6.07) is 10.8. The highest BCUT2D eigenvalue weighted by Gasteiger charge is 2.29. The van der Waals surface area contributed by atoms with E-state index < -0.39 is 0 Å². The lowest BCUT2D eigenvalue weighted by molar-refractivity contribution is 0.177. The Hall–Kier alpha value is -2.19. The van der Waals surface area contributed by atoms with Crippen LogP contribution >= 0.6 is 24.8 Å². The summed E-state index contributed by atoms with van der Waals surface area (Å²) >= 11 is 0. The Bertz CT molecular complexity index is 941. The van der Waals surface area contributed by atoms with Gasteiger partial charge in [0.2, 0.25) is 0 Å². The molecule has 1 fully saturated rings. The molecule has 0 spiro atoms. The summed E-state index contributed by atoms with van der Waals surface area (Å²) in [6.45, 7) is 3.09. The predicted molar refractivity (Wildman–Crippen MR) is 123 cm³/mol. The normalized spacial score (nSPS) is 17.4. The quantitative estimate of drug-likeness (QED) is 0.568. The standard InChI is InChI=1S/C21H26N6O.2ClH/c1-14-23-7-8-27(14)18-5-3-15(4-6-18)12-24-20-11-19(16-9-17(22)10-16)25-21(26-20)13-28-2;;/h3-8,11,16-17H,9-10,12-13,22H2,1-2H3,(H,24,25,26);2*1H. The number of benzene rings is 1. The Morgan fingerprint density at radius 1 is 1.17 bits per heavy atom. The van der Waals surface area contributed by atoms with E-state index in [1.807, 2.05) is 25.4 Å². The van der Waals surface area contributed by atoms with Gasteiger partial charge in [0.05, 0.1) is 0 Å². The van der Waals surface area contributed by atoms with Crippen molar-refractivity contribution in [2.75, 3.05) is 12.4 Å². The van der Waals surface area contributed by atoms with Crippen molar-refractivity contribution in [3.05, 3.63) is 65.6 Å². The van der Waals surface area contributed by atoms with Gasteiger partial charge in [0.1, 0.15) is 18.2 Å². The SMILES string of the molecule is COCc1nc(NCc2ccc(-n3ccnc3C)cc2)cc(C2CC(N)C2)n1.Cl.Cl. The molecular formula is C21H28Cl2N6O. The Kier molecular flexibility index (Phi) is 8.61. The topological polar surface area (TPSA) is 90.9 Å². The second kappa shape index (κ2) is 10.7. The molecule has 0 aliphatic heterocycles. The molecule has 1 aliphatic carbocycles. The van der Waals surface area contributed by atoms with Gasteiger partial charge in [-0.15, -0.1) is 24.8 Å². The fraction of sp³-hybridized carbons (Fsp3) is 0.381. The van der Waals surface area contributed by atoms with Crippen LogP contribution in [0.2, 0.25) is 0 Å². The van der Waals surface area contributed by atoms with Crippen LogP contribution in [0.25, 0.3) is 5.69 Å². The average molecular weight is 451 g/mol. The number of nitrogens with two attached hydrogens (primary N) is 1. The van der Waals surface area contributed by atoms with Crippen molar-refractivity contribution in [3.63, 3.8) is 0 Å². The Morgan fingerprint density at radius 2 is 1.90 bits per heavy atom. The minimum Gasteiger partial charge on any atom is -0.377 e. The fourth-order valence-electron chi connectivity index (χ4n) is 3.53. The van der Waals surface area contributed by atoms with Gasteiger partial charge in [-0.25, -0.2) is 15.0 Å². The maximum Gasteiger partial charge on any atom is 0.156 e. The van der Waals surface area contributed by atoms with E-state index in [4.69, 9.17) is 10.5 Å². The molecule has 2 aromatic heterocycles. The van der Waals surface area contributed by atoms with Crippen molar-refractivity contribution in [3.8, 4) is 5.69 Å². The number of nitrogens with zero attached hydrogens (tertiary/aromatic N) is 4. The Balaban J connectivity index is 0.00000160. The number of ether oxygens (including phenoxy) is 1. The molecule has 2 heterocycles. The van der Waals surface area contributed by atoms with Crippen LogP contribution in [0.5, 0.6) is 0 Å². The van der Waals surface area contributed by atoms with Crippen LogP contribution < -0.4 is 11.1 Å². The molecule has 7 nitrogen and oxygen atoms in total. The largest absolute Gasteiger partial charge is 0.377 e. The zero-order valence-electron chi connectivity index (χ0n) is 17.1. The van der Waals surface area contributed by atoms with Crippen LogP contribution in [0, 0.1) is 6.92 Å². The molecule has 1 aromatic carbocycles. The van der Waals surface area contributed by atoms with E-state index >= 15 is 0 Å². The third-order valence-electron chi connectivity index (χ3n) is 5.17. The molecular weight excluding hydrogens is 423 g/mol. The summed E-state index contributed by atoms with van der Waals surface area (Å²) in [6.07, 6.45) is 5.74. The maximum absolute atomic E-state index is 5.94. The zero-order valence-corrected chi connectivity index (χ0v) is 18.7. The van der Waals surface area contributed by atoms with Gasteiger partial charge < -0.3 is 20.4 Å². The smallest absolute Gasteiger partial charge is 0.156 e. The first-order chi connectivity index (χ1) is 13.6. The van der Waals surface area contributed by atoms with Crippen molar-refractivity contribution in [2.45, 2.75) is 44.9 Å². The lowest BCUT2D eigenvalue weighted by Crippen LogP contribution is -2.35. The van der Waals surface area contributed by atoms with E-state index in [1.54, 1.807) is 7.11 Å². The van der Waals surface area contributed by atoms with Gasteiger partial charge in [0.15, 0.2) is 5.82 Å². The first-order valence-electron chi connectivity index (χ1n) is 9.58. The van der Waals surface area contributed by atoms with Gasteiger partial charge in [-0.2, -0.15) is 0 Å². The highest BCUT2D eigenvalue weighted by Crippen LogP contribution is 2.35. The van der Waals surface area contributed by atoms with Gasteiger partial charge in [-0.05, 0) is 37.5 Å². The van der Waals surface area contributed by atoms with Crippen molar-refractivity contribution >= 4 is 30.6 Å². The van der Waals surface area contributed by atoms with Gasteiger partial charge in [-0.1, -0.05) is 12.1 Å². The van der Waals surface area contributed by atoms with Crippen LogP contribution in [0.1, 0.15) is 41.7 Å². The third-order valence-corrected chi connectivity index (χ3v) is 5.17. The van der Waals surface area contributed by atoms with E-state index in [2.05, 4.69) is 49.1 Å². The van der Waals surface area contributed by atoms with Crippen molar-refractivity contribution in [1.82, 2.24) is 19.5 Å². The number of rotatable bonds is 7. The van der Waals surface area contributed by atoms with Gasteiger partial charge in [0, 0.05) is 55.5 Å². The van der Waals surface area contributed by atoms with Gasteiger partial charge in [0.25, 0.3) is 0 Å². The number of halogens is 2.